The number of rotatable bonds is 2. The van der Waals surface area contributed by atoms with Crippen LogP contribution in [0.2, 0.25) is 8.67 Å². The molecule has 1 unspecified atom stereocenters. The molecule has 1 heterocycles. The van der Waals surface area contributed by atoms with E-state index < -0.39 is 0 Å². The average molecular weight is 342 g/mol. The lowest BCUT2D eigenvalue weighted by molar-refractivity contribution is 1.17. The van der Waals surface area contributed by atoms with E-state index >= 15 is 0 Å². The van der Waals surface area contributed by atoms with Crippen LogP contribution in [0.5, 0.6) is 0 Å². The van der Waals surface area contributed by atoms with E-state index in [4.69, 9.17) is 34.8 Å². The first kappa shape index (κ1) is 14.2. The first-order chi connectivity index (χ1) is 9.58. The van der Waals surface area contributed by atoms with E-state index in [1.54, 1.807) is 0 Å². The van der Waals surface area contributed by atoms with Crippen molar-refractivity contribution in [1.82, 2.24) is 0 Å². The third-order valence-electron chi connectivity index (χ3n) is 3.40. The SMILES string of the molecule is Cc1ccc(C(Cl)c2cc(Cl)sc2Cl)c2ccccc12. The van der Waals surface area contributed by atoms with Crippen molar-refractivity contribution in [1.29, 1.82) is 0 Å². The Bertz CT molecular complexity index is 776. The zero-order valence-corrected chi connectivity index (χ0v) is 13.7. The van der Waals surface area contributed by atoms with Gasteiger partial charge in [-0.15, -0.1) is 22.9 Å². The van der Waals surface area contributed by atoms with Crippen LogP contribution in [-0.4, -0.2) is 0 Å². The quantitative estimate of drug-likeness (QED) is 0.447. The Morgan fingerprint density at radius 2 is 1.65 bits per heavy atom. The Morgan fingerprint density at radius 1 is 0.950 bits per heavy atom. The molecule has 0 aliphatic carbocycles. The van der Waals surface area contributed by atoms with Crippen molar-refractivity contribution in [3.63, 3.8) is 0 Å². The molecule has 0 fully saturated rings. The summed E-state index contributed by atoms with van der Waals surface area (Å²) in [7, 11) is 0. The van der Waals surface area contributed by atoms with E-state index in [-0.39, 0.29) is 5.38 Å². The molecule has 0 saturated heterocycles. The Labute approximate surface area is 136 Å². The summed E-state index contributed by atoms with van der Waals surface area (Å²) in [4.78, 5) is 0. The highest BCUT2D eigenvalue weighted by Crippen LogP contribution is 2.42. The van der Waals surface area contributed by atoms with Crippen LogP contribution in [0, 0.1) is 6.92 Å². The molecule has 0 saturated carbocycles. The van der Waals surface area contributed by atoms with Crippen molar-refractivity contribution in [3.05, 3.63) is 67.8 Å². The van der Waals surface area contributed by atoms with E-state index in [1.165, 1.54) is 22.3 Å². The van der Waals surface area contributed by atoms with Crippen LogP contribution in [0.15, 0.2) is 42.5 Å². The Balaban J connectivity index is 2.20. The van der Waals surface area contributed by atoms with Gasteiger partial charge in [-0.25, -0.2) is 0 Å². The molecule has 2 aromatic carbocycles. The van der Waals surface area contributed by atoms with Crippen LogP contribution in [-0.2, 0) is 0 Å². The third-order valence-corrected chi connectivity index (χ3v) is 5.39. The lowest BCUT2D eigenvalue weighted by Gasteiger charge is -2.14. The first-order valence-corrected chi connectivity index (χ1v) is 8.16. The van der Waals surface area contributed by atoms with E-state index in [0.29, 0.717) is 8.67 Å². The molecule has 3 rings (SSSR count). The summed E-state index contributed by atoms with van der Waals surface area (Å²) in [5.74, 6) is 0. The van der Waals surface area contributed by atoms with Crippen LogP contribution in [0.3, 0.4) is 0 Å². The van der Waals surface area contributed by atoms with Crippen LogP contribution >= 0.6 is 46.1 Å². The second-order valence-corrected chi connectivity index (χ2v) is 7.38. The number of fused-ring (bicyclic) bond motifs is 1. The summed E-state index contributed by atoms with van der Waals surface area (Å²) in [6, 6.07) is 14.3. The molecule has 0 aliphatic heterocycles. The van der Waals surface area contributed by atoms with E-state index in [9.17, 15) is 0 Å². The molecule has 0 bridgehead atoms. The second kappa shape index (κ2) is 5.57. The fourth-order valence-electron chi connectivity index (χ4n) is 2.39. The van der Waals surface area contributed by atoms with Gasteiger partial charge in [-0.3, -0.25) is 0 Å². The summed E-state index contributed by atoms with van der Waals surface area (Å²) in [6.45, 7) is 2.10. The first-order valence-electron chi connectivity index (χ1n) is 6.15. The van der Waals surface area contributed by atoms with Crippen molar-refractivity contribution in [2.75, 3.05) is 0 Å². The van der Waals surface area contributed by atoms with Crippen molar-refractivity contribution < 1.29 is 0 Å². The smallest absolute Gasteiger partial charge is 0.0994 e. The fourth-order valence-corrected chi connectivity index (χ4v) is 4.40. The number of halogens is 3. The predicted molar refractivity (Wildman–Crippen MR) is 90.7 cm³/mol. The van der Waals surface area contributed by atoms with E-state index in [0.717, 1.165) is 16.5 Å². The van der Waals surface area contributed by atoms with Gasteiger partial charge in [0, 0.05) is 5.56 Å². The largest absolute Gasteiger partial charge is 0.112 e. The van der Waals surface area contributed by atoms with E-state index in [2.05, 4.69) is 31.2 Å². The lowest BCUT2D eigenvalue weighted by Crippen LogP contribution is -1.94. The van der Waals surface area contributed by atoms with Gasteiger partial charge in [0.15, 0.2) is 0 Å². The standard InChI is InChI=1S/C16H11Cl3S/c1-9-6-7-12(11-5-3-2-4-10(9)11)15(18)13-8-14(17)20-16(13)19/h2-8,15H,1H3. The van der Waals surface area contributed by atoms with Gasteiger partial charge in [0.1, 0.15) is 0 Å². The van der Waals surface area contributed by atoms with Gasteiger partial charge in [0.05, 0.1) is 14.0 Å². The Hall–Kier alpha value is -0.730. The van der Waals surface area contributed by atoms with Crippen LogP contribution in [0.4, 0.5) is 0 Å². The number of thiophene rings is 1. The molecule has 4 heteroatoms. The average Bonchev–Trinajstić information content (AvgIpc) is 2.78. The van der Waals surface area contributed by atoms with Crippen LogP contribution < -0.4 is 0 Å². The van der Waals surface area contributed by atoms with Gasteiger partial charge in [-0.1, -0.05) is 59.6 Å². The minimum Gasteiger partial charge on any atom is -0.112 e. The molecule has 20 heavy (non-hydrogen) atoms. The maximum Gasteiger partial charge on any atom is 0.0994 e. The molecule has 1 atom stereocenters. The molecule has 0 radical (unpaired) electrons. The summed E-state index contributed by atoms with van der Waals surface area (Å²) in [5, 5.41) is 2.08. The lowest BCUT2D eigenvalue weighted by atomic mass is 9.96. The van der Waals surface area contributed by atoms with Crippen molar-refractivity contribution in [2.24, 2.45) is 0 Å². The highest BCUT2D eigenvalue weighted by molar-refractivity contribution is 7.20. The van der Waals surface area contributed by atoms with Gasteiger partial charge in [-0.2, -0.15) is 0 Å². The number of aryl methyl sites for hydroxylation is 1. The summed E-state index contributed by atoms with van der Waals surface area (Å²) in [5.41, 5.74) is 3.17. The Kier molecular flexibility index (Phi) is 3.96. The molecule has 0 spiro atoms. The van der Waals surface area contributed by atoms with Gasteiger partial charge < -0.3 is 0 Å². The van der Waals surface area contributed by atoms with Crippen molar-refractivity contribution in [3.8, 4) is 0 Å². The van der Waals surface area contributed by atoms with Gasteiger partial charge in [-0.05, 0) is 34.9 Å². The van der Waals surface area contributed by atoms with Crippen molar-refractivity contribution >= 4 is 56.9 Å². The molecule has 3 aromatic rings. The minimum absolute atomic E-state index is 0.295. The Morgan fingerprint density at radius 3 is 2.30 bits per heavy atom. The van der Waals surface area contributed by atoms with Gasteiger partial charge in [0.2, 0.25) is 0 Å². The molecule has 1 aromatic heterocycles. The maximum atomic E-state index is 6.65. The fraction of sp³-hybridized carbons (Fsp3) is 0.125. The molecule has 102 valence electrons. The topological polar surface area (TPSA) is 0 Å². The molecular weight excluding hydrogens is 331 g/mol. The van der Waals surface area contributed by atoms with Gasteiger partial charge >= 0.3 is 0 Å². The van der Waals surface area contributed by atoms with Crippen molar-refractivity contribution in [2.45, 2.75) is 12.3 Å². The molecule has 0 amide bonds. The van der Waals surface area contributed by atoms with Crippen LogP contribution in [0.1, 0.15) is 22.1 Å². The number of hydrogen-bond donors (Lipinski definition) is 0. The summed E-state index contributed by atoms with van der Waals surface area (Å²) in [6.07, 6.45) is 0. The monoisotopic (exact) mass is 340 g/mol. The minimum atomic E-state index is -0.295. The molecule has 0 nitrogen and oxygen atoms in total. The zero-order chi connectivity index (χ0) is 14.3. The highest BCUT2D eigenvalue weighted by Gasteiger charge is 2.19. The number of hydrogen-bond acceptors (Lipinski definition) is 1. The molecular formula is C16H11Cl3S. The highest BCUT2D eigenvalue weighted by atomic mass is 35.5. The normalized spacial score (nSPS) is 12.8. The number of benzene rings is 2. The summed E-state index contributed by atoms with van der Waals surface area (Å²) >= 11 is 20.2. The molecule has 0 aliphatic rings. The molecule has 0 N–H and O–H groups in total. The maximum absolute atomic E-state index is 6.65. The zero-order valence-electron chi connectivity index (χ0n) is 10.7. The summed E-state index contributed by atoms with van der Waals surface area (Å²) < 4.78 is 1.31. The second-order valence-electron chi connectivity index (χ2n) is 4.66. The number of alkyl halides is 1. The van der Waals surface area contributed by atoms with E-state index in [1.807, 2.05) is 18.2 Å². The van der Waals surface area contributed by atoms with Crippen LogP contribution in [0.25, 0.3) is 10.8 Å². The predicted octanol–water partition coefficient (Wildman–Crippen LogP) is 6.84. The third kappa shape index (κ3) is 2.44. The van der Waals surface area contributed by atoms with Gasteiger partial charge in [0.25, 0.3) is 0 Å².